The Hall–Kier alpha value is -3.96. The van der Waals surface area contributed by atoms with Gasteiger partial charge in [0.25, 0.3) is 5.89 Å². The lowest BCUT2D eigenvalue weighted by atomic mass is 10.1. The van der Waals surface area contributed by atoms with E-state index in [0.29, 0.717) is 17.1 Å². The van der Waals surface area contributed by atoms with Gasteiger partial charge < -0.3 is 18.7 Å². The zero-order valence-electron chi connectivity index (χ0n) is 19.1. The molecule has 0 atom stereocenters. The lowest BCUT2D eigenvalue weighted by Crippen LogP contribution is -2.26. The Morgan fingerprint density at radius 2 is 1.80 bits per heavy atom. The van der Waals surface area contributed by atoms with E-state index in [1.54, 1.807) is 37.4 Å². The number of esters is 1. The van der Waals surface area contributed by atoms with Crippen molar-refractivity contribution in [3.05, 3.63) is 66.6 Å². The van der Waals surface area contributed by atoms with Crippen LogP contribution in [-0.4, -0.2) is 45.3 Å². The van der Waals surface area contributed by atoms with Crippen LogP contribution in [-0.2, 0) is 26.2 Å². The molecule has 3 aromatic carbocycles. The first kappa shape index (κ1) is 24.2. The Bertz CT molecular complexity index is 1450. The number of sulfonamides is 1. The van der Waals surface area contributed by atoms with Crippen LogP contribution in [0.25, 0.3) is 22.2 Å². The molecule has 0 aliphatic carbocycles. The summed E-state index contributed by atoms with van der Waals surface area (Å²) in [5, 5.41) is 5.63. The lowest BCUT2D eigenvalue weighted by Gasteiger charge is -2.08. The molecule has 10 nitrogen and oxygen atoms in total. The summed E-state index contributed by atoms with van der Waals surface area (Å²) < 4.78 is 48.3. The van der Waals surface area contributed by atoms with Crippen molar-refractivity contribution in [2.45, 2.75) is 17.9 Å². The number of nitrogens with one attached hydrogen (secondary N) is 1. The van der Waals surface area contributed by atoms with Crippen molar-refractivity contribution in [2.75, 3.05) is 20.8 Å². The Balaban J connectivity index is 1.29. The number of methoxy groups -OCH3 is 2. The fraction of sp³-hybridized carbons (Fsp3) is 0.208. The molecule has 0 spiro atoms. The molecule has 35 heavy (non-hydrogen) atoms. The third-order valence-corrected chi connectivity index (χ3v) is 6.59. The van der Waals surface area contributed by atoms with Crippen LogP contribution in [0.15, 0.2) is 70.1 Å². The molecule has 182 valence electrons. The summed E-state index contributed by atoms with van der Waals surface area (Å²) in [6, 6.07) is 17.4. The van der Waals surface area contributed by atoms with E-state index < -0.39 is 16.0 Å². The second kappa shape index (κ2) is 10.5. The van der Waals surface area contributed by atoms with Crippen LogP contribution in [0.4, 0.5) is 0 Å². The number of hydrogen-bond acceptors (Lipinski definition) is 9. The van der Waals surface area contributed by atoms with E-state index in [2.05, 4.69) is 14.9 Å². The molecule has 0 saturated heterocycles. The van der Waals surface area contributed by atoms with Crippen molar-refractivity contribution >= 4 is 26.8 Å². The smallest absolute Gasteiger partial charge is 0.307 e. The standard InChI is InChI=1S/C24H23N3O7S/c1-31-18-8-10-20(21(14-18)32-2)24-26-22(34-27-24)15-33-23(28)11-12-25-35(29,30)19-9-7-16-5-3-4-6-17(16)13-19/h3-10,13-14,25H,11-12,15H2,1-2H3. The van der Waals surface area contributed by atoms with Gasteiger partial charge in [-0.25, -0.2) is 13.1 Å². The number of aromatic nitrogens is 2. The van der Waals surface area contributed by atoms with Crippen molar-refractivity contribution in [1.29, 1.82) is 0 Å². The molecule has 0 aliphatic heterocycles. The molecule has 0 unspecified atom stereocenters. The molecule has 0 aliphatic rings. The average Bonchev–Trinajstić information content (AvgIpc) is 3.35. The Morgan fingerprint density at radius 1 is 1.00 bits per heavy atom. The molecule has 1 aromatic heterocycles. The molecule has 0 bridgehead atoms. The number of nitrogens with zero attached hydrogens (tertiary/aromatic N) is 2. The minimum absolute atomic E-state index is 0.0861. The van der Waals surface area contributed by atoms with E-state index in [1.165, 1.54) is 13.2 Å². The van der Waals surface area contributed by atoms with Gasteiger partial charge in [0.2, 0.25) is 15.8 Å². The van der Waals surface area contributed by atoms with Gasteiger partial charge in [-0.2, -0.15) is 4.98 Å². The monoisotopic (exact) mass is 497 g/mol. The average molecular weight is 498 g/mol. The SMILES string of the molecule is COc1ccc(-c2noc(COC(=O)CCNS(=O)(=O)c3ccc4ccccc4c3)n2)c(OC)c1. The maximum atomic E-state index is 12.6. The number of carbonyl (C=O) groups is 1. The van der Waals surface area contributed by atoms with Crippen LogP contribution in [0.3, 0.4) is 0 Å². The minimum Gasteiger partial charge on any atom is -0.497 e. The largest absolute Gasteiger partial charge is 0.497 e. The molecule has 11 heteroatoms. The first-order valence-electron chi connectivity index (χ1n) is 10.6. The van der Waals surface area contributed by atoms with Crippen molar-refractivity contribution in [3.63, 3.8) is 0 Å². The van der Waals surface area contributed by atoms with E-state index >= 15 is 0 Å². The second-order valence-electron chi connectivity index (χ2n) is 7.40. The van der Waals surface area contributed by atoms with Gasteiger partial charge in [-0.05, 0) is 35.0 Å². The van der Waals surface area contributed by atoms with Crippen LogP contribution in [0, 0.1) is 0 Å². The highest BCUT2D eigenvalue weighted by Crippen LogP contribution is 2.31. The summed E-state index contributed by atoms with van der Waals surface area (Å²) in [6.45, 7) is -0.367. The van der Waals surface area contributed by atoms with Gasteiger partial charge in [0, 0.05) is 12.6 Å². The van der Waals surface area contributed by atoms with Crippen LogP contribution in [0.5, 0.6) is 11.5 Å². The fourth-order valence-electron chi connectivity index (χ4n) is 3.33. The predicted molar refractivity (Wildman–Crippen MR) is 126 cm³/mol. The minimum atomic E-state index is -3.77. The van der Waals surface area contributed by atoms with Gasteiger partial charge in [0.05, 0.1) is 31.1 Å². The van der Waals surface area contributed by atoms with Gasteiger partial charge in [0.1, 0.15) is 11.5 Å². The summed E-state index contributed by atoms with van der Waals surface area (Å²) in [5.41, 5.74) is 0.581. The molecule has 1 N–H and O–H groups in total. The van der Waals surface area contributed by atoms with Crippen molar-refractivity contribution < 1.29 is 31.9 Å². The lowest BCUT2D eigenvalue weighted by molar-refractivity contribution is -0.145. The summed E-state index contributed by atoms with van der Waals surface area (Å²) in [7, 11) is -0.718. The number of carbonyl (C=O) groups excluding carboxylic acids is 1. The van der Waals surface area contributed by atoms with Crippen molar-refractivity contribution in [3.8, 4) is 22.9 Å². The molecular weight excluding hydrogens is 474 g/mol. The van der Waals surface area contributed by atoms with Gasteiger partial charge in [0.15, 0.2) is 6.61 Å². The highest BCUT2D eigenvalue weighted by Gasteiger charge is 2.17. The number of fused-ring (bicyclic) bond motifs is 1. The van der Waals surface area contributed by atoms with Crippen LogP contribution in [0.2, 0.25) is 0 Å². The van der Waals surface area contributed by atoms with Crippen LogP contribution >= 0.6 is 0 Å². The van der Waals surface area contributed by atoms with Crippen LogP contribution in [0.1, 0.15) is 12.3 Å². The van der Waals surface area contributed by atoms with Crippen molar-refractivity contribution in [2.24, 2.45) is 0 Å². The maximum absolute atomic E-state index is 12.6. The number of benzene rings is 3. The van der Waals surface area contributed by atoms with Gasteiger partial charge in [-0.3, -0.25) is 4.79 Å². The third kappa shape index (κ3) is 5.76. The van der Waals surface area contributed by atoms with Gasteiger partial charge in [-0.15, -0.1) is 0 Å². The number of hydrogen-bond donors (Lipinski definition) is 1. The first-order valence-corrected chi connectivity index (χ1v) is 12.1. The van der Waals surface area contributed by atoms with E-state index in [4.69, 9.17) is 18.7 Å². The fourth-order valence-corrected chi connectivity index (χ4v) is 4.39. The summed E-state index contributed by atoms with van der Waals surface area (Å²) >= 11 is 0. The molecule has 0 fully saturated rings. The third-order valence-electron chi connectivity index (χ3n) is 5.13. The topological polar surface area (TPSA) is 130 Å². The molecule has 1 heterocycles. The maximum Gasteiger partial charge on any atom is 0.307 e. The molecule has 0 saturated carbocycles. The van der Waals surface area contributed by atoms with Gasteiger partial charge >= 0.3 is 5.97 Å². The van der Waals surface area contributed by atoms with Gasteiger partial charge in [-0.1, -0.05) is 35.5 Å². The zero-order chi connectivity index (χ0) is 24.8. The Morgan fingerprint density at radius 3 is 2.57 bits per heavy atom. The normalized spacial score (nSPS) is 11.4. The number of ether oxygens (including phenoxy) is 3. The van der Waals surface area contributed by atoms with Crippen molar-refractivity contribution in [1.82, 2.24) is 14.9 Å². The first-order chi connectivity index (χ1) is 16.9. The number of rotatable bonds is 10. The molecule has 4 rings (SSSR count). The van der Waals surface area contributed by atoms with E-state index in [0.717, 1.165) is 10.8 Å². The summed E-state index contributed by atoms with van der Waals surface area (Å²) in [4.78, 5) is 16.4. The quantitative estimate of drug-likeness (QED) is 0.328. The Labute approximate surface area is 201 Å². The zero-order valence-corrected chi connectivity index (χ0v) is 19.9. The van der Waals surface area contributed by atoms with E-state index in [-0.39, 0.29) is 36.2 Å². The highest BCUT2D eigenvalue weighted by atomic mass is 32.2. The predicted octanol–water partition coefficient (Wildman–Crippen LogP) is 3.32. The second-order valence-corrected chi connectivity index (χ2v) is 9.16. The highest BCUT2D eigenvalue weighted by molar-refractivity contribution is 7.89. The molecule has 0 amide bonds. The van der Waals surface area contributed by atoms with E-state index in [9.17, 15) is 13.2 Å². The molecule has 4 aromatic rings. The summed E-state index contributed by atoms with van der Waals surface area (Å²) in [5.74, 6) is 0.835. The molecule has 0 radical (unpaired) electrons. The molecular formula is C24H23N3O7S. The summed E-state index contributed by atoms with van der Waals surface area (Å²) in [6.07, 6.45) is -0.167. The van der Waals surface area contributed by atoms with E-state index in [1.807, 2.05) is 24.3 Å². The van der Waals surface area contributed by atoms with Crippen LogP contribution < -0.4 is 14.2 Å². The Kier molecular flexibility index (Phi) is 7.28.